The highest BCUT2D eigenvalue weighted by molar-refractivity contribution is 6.10. The molecule has 0 unspecified atom stereocenters. The van der Waals surface area contributed by atoms with Crippen LogP contribution in [0, 0.1) is 0 Å². The zero-order chi connectivity index (χ0) is 19.5. The quantitative estimate of drug-likeness (QED) is 0.700. The van der Waals surface area contributed by atoms with E-state index in [0.717, 1.165) is 24.2 Å². The minimum absolute atomic E-state index is 0.128. The molecule has 0 N–H and O–H groups in total. The highest BCUT2D eigenvalue weighted by Gasteiger charge is 2.24. The lowest BCUT2D eigenvalue weighted by Gasteiger charge is -2.29. The van der Waals surface area contributed by atoms with Crippen molar-refractivity contribution in [2.75, 3.05) is 23.4 Å². The van der Waals surface area contributed by atoms with Crippen molar-refractivity contribution in [3.8, 4) is 0 Å². The number of benzene rings is 2. The molecule has 28 heavy (non-hydrogen) atoms. The highest BCUT2D eigenvalue weighted by atomic mass is 16.2. The van der Waals surface area contributed by atoms with Gasteiger partial charge in [0.05, 0.1) is 11.1 Å². The van der Waals surface area contributed by atoms with E-state index in [2.05, 4.69) is 11.1 Å². The molecule has 0 aliphatic carbocycles. The molecule has 0 atom stereocenters. The Kier molecular flexibility index (Phi) is 4.89. The lowest BCUT2D eigenvalue weighted by molar-refractivity contribution is 0.0984. The van der Waals surface area contributed by atoms with Gasteiger partial charge in [-0.25, -0.2) is 0 Å². The Morgan fingerprint density at radius 2 is 1.68 bits per heavy atom. The summed E-state index contributed by atoms with van der Waals surface area (Å²) < 4.78 is 0. The number of rotatable bonds is 3. The van der Waals surface area contributed by atoms with Crippen molar-refractivity contribution in [2.24, 2.45) is 0 Å². The van der Waals surface area contributed by atoms with Gasteiger partial charge in [0, 0.05) is 37.4 Å². The van der Waals surface area contributed by atoms with Crippen molar-refractivity contribution < 1.29 is 9.59 Å². The molecule has 0 radical (unpaired) electrons. The summed E-state index contributed by atoms with van der Waals surface area (Å²) in [5.41, 5.74) is 3.71. The molecule has 0 saturated carbocycles. The summed E-state index contributed by atoms with van der Waals surface area (Å²) in [6, 6.07) is 19.0. The van der Waals surface area contributed by atoms with Crippen LogP contribution in [0.15, 0.2) is 73.1 Å². The third-order valence-corrected chi connectivity index (χ3v) is 5.04. The maximum atomic E-state index is 13.1. The van der Waals surface area contributed by atoms with Gasteiger partial charge in [0.1, 0.15) is 0 Å². The predicted molar refractivity (Wildman–Crippen MR) is 110 cm³/mol. The topological polar surface area (TPSA) is 53.5 Å². The molecule has 5 nitrogen and oxygen atoms in total. The largest absolute Gasteiger partial charge is 0.311 e. The van der Waals surface area contributed by atoms with Crippen LogP contribution >= 0.6 is 0 Å². The first-order valence-corrected chi connectivity index (χ1v) is 9.33. The van der Waals surface area contributed by atoms with Crippen LogP contribution in [-0.2, 0) is 6.42 Å². The van der Waals surface area contributed by atoms with Crippen molar-refractivity contribution >= 4 is 23.2 Å². The molecule has 140 valence electrons. The van der Waals surface area contributed by atoms with Crippen LogP contribution in [0.25, 0.3) is 0 Å². The maximum absolute atomic E-state index is 13.1. The molecule has 0 bridgehead atoms. The Balaban J connectivity index is 1.61. The molecule has 0 saturated heterocycles. The number of fused-ring (bicyclic) bond motifs is 1. The van der Waals surface area contributed by atoms with Gasteiger partial charge in [0.15, 0.2) is 0 Å². The average Bonchev–Trinajstić information content (AvgIpc) is 2.78. The fraction of sp³-hybridized carbons (Fsp3) is 0.174. The molecule has 5 heteroatoms. The molecule has 3 aromatic rings. The Morgan fingerprint density at radius 1 is 0.964 bits per heavy atom. The maximum Gasteiger partial charge on any atom is 0.259 e. The second-order valence-corrected chi connectivity index (χ2v) is 6.85. The fourth-order valence-electron chi connectivity index (χ4n) is 3.54. The average molecular weight is 371 g/mol. The molecule has 1 aromatic heterocycles. The smallest absolute Gasteiger partial charge is 0.259 e. The number of para-hydroxylation sites is 2. The van der Waals surface area contributed by atoms with Gasteiger partial charge in [-0.05, 0) is 42.7 Å². The van der Waals surface area contributed by atoms with Crippen molar-refractivity contribution in [1.29, 1.82) is 0 Å². The van der Waals surface area contributed by atoms with Gasteiger partial charge in [-0.3, -0.25) is 14.6 Å². The Morgan fingerprint density at radius 3 is 2.50 bits per heavy atom. The number of aryl methyl sites for hydroxylation is 1. The van der Waals surface area contributed by atoms with E-state index in [1.165, 1.54) is 18.0 Å². The summed E-state index contributed by atoms with van der Waals surface area (Å²) in [5, 5.41) is 0. The van der Waals surface area contributed by atoms with Crippen molar-refractivity contribution in [3.05, 3.63) is 89.7 Å². The first kappa shape index (κ1) is 17.9. The predicted octanol–water partition coefficient (Wildman–Crippen LogP) is 3.95. The second kappa shape index (κ2) is 7.64. The molecule has 1 aliphatic rings. The number of amides is 2. The molecule has 2 aromatic carbocycles. The zero-order valence-corrected chi connectivity index (χ0v) is 15.7. The Hall–Kier alpha value is -3.47. The van der Waals surface area contributed by atoms with Gasteiger partial charge in [-0.15, -0.1) is 0 Å². The van der Waals surface area contributed by atoms with Crippen LogP contribution < -0.4 is 9.80 Å². The van der Waals surface area contributed by atoms with E-state index in [1.54, 1.807) is 22.9 Å². The van der Waals surface area contributed by atoms with E-state index in [0.29, 0.717) is 17.7 Å². The van der Waals surface area contributed by atoms with Gasteiger partial charge in [-0.1, -0.05) is 36.4 Å². The standard InChI is InChI=1S/C23H21N3O2/c1-25(20-10-3-2-4-11-20)22(27)18-14-19(16-24-15-18)23(28)26-13-7-9-17-8-5-6-12-21(17)26/h2-6,8,10-12,14-16H,7,9,13H2,1H3. The number of aromatic nitrogens is 1. The van der Waals surface area contributed by atoms with E-state index in [-0.39, 0.29) is 11.8 Å². The van der Waals surface area contributed by atoms with E-state index in [1.807, 2.05) is 48.5 Å². The molecule has 1 aliphatic heterocycles. The normalized spacial score (nSPS) is 13.0. The zero-order valence-electron chi connectivity index (χ0n) is 15.7. The molecule has 0 fully saturated rings. The van der Waals surface area contributed by atoms with Gasteiger partial charge in [0.2, 0.25) is 0 Å². The minimum Gasteiger partial charge on any atom is -0.311 e. The monoisotopic (exact) mass is 371 g/mol. The third-order valence-electron chi connectivity index (χ3n) is 5.04. The second-order valence-electron chi connectivity index (χ2n) is 6.85. The van der Waals surface area contributed by atoms with E-state index in [4.69, 9.17) is 0 Å². The SMILES string of the molecule is CN(C(=O)c1cncc(C(=O)N2CCCc3ccccc32)c1)c1ccccc1. The molecule has 0 spiro atoms. The molecular weight excluding hydrogens is 350 g/mol. The van der Waals surface area contributed by atoms with Crippen molar-refractivity contribution in [2.45, 2.75) is 12.8 Å². The molecule has 4 rings (SSSR count). The Labute approximate surface area is 164 Å². The number of carbonyl (C=O) groups is 2. The van der Waals surface area contributed by atoms with Gasteiger partial charge >= 0.3 is 0 Å². The Bertz CT molecular complexity index is 1020. The number of carbonyl (C=O) groups excluding carboxylic acids is 2. The lowest BCUT2D eigenvalue weighted by atomic mass is 10.0. The first-order valence-electron chi connectivity index (χ1n) is 9.33. The third kappa shape index (κ3) is 3.39. The summed E-state index contributed by atoms with van der Waals surface area (Å²) in [4.78, 5) is 33.5. The molecule has 2 heterocycles. The summed E-state index contributed by atoms with van der Waals surface area (Å²) >= 11 is 0. The van der Waals surface area contributed by atoms with E-state index in [9.17, 15) is 9.59 Å². The van der Waals surface area contributed by atoms with Crippen LogP contribution in [0.1, 0.15) is 32.7 Å². The molecule has 2 amide bonds. The summed E-state index contributed by atoms with van der Waals surface area (Å²) in [6.45, 7) is 0.665. The highest BCUT2D eigenvalue weighted by Crippen LogP contribution is 2.28. The summed E-state index contributed by atoms with van der Waals surface area (Å²) in [6.07, 6.45) is 4.92. The lowest BCUT2D eigenvalue weighted by Crippen LogP contribution is -2.35. The van der Waals surface area contributed by atoms with Crippen LogP contribution in [-0.4, -0.2) is 30.4 Å². The van der Waals surface area contributed by atoms with Crippen molar-refractivity contribution in [1.82, 2.24) is 4.98 Å². The summed E-state index contributed by atoms with van der Waals surface area (Å²) in [5.74, 6) is -0.330. The van der Waals surface area contributed by atoms with Crippen LogP contribution in [0.2, 0.25) is 0 Å². The van der Waals surface area contributed by atoms with Gasteiger partial charge < -0.3 is 9.80 Å². The van der Waals surface area contributed by atoms with Gasteiger partial charge in [-0.2, -0.15) is 0 Å². The van der Waals surface area contributed by atoms with E-state index < -0.39 is 0 Å². The number of nitrogens with zero attached hydrogens (tertiary/aromatic N) is 3. The van der Waals surface area contributed by atoms with Crippen LogP contribution in [0.3, 0.4) is 0 Å². The summed E-state index contributed by atoms with van der Waals surface area (Å²) in [7, 11) is 1.72. The minimum atomic E-state index is -0.201. The van der Waals surface area contributed by atoms with Crippen LogP contribution in [0.4, 0.5) is 11.4 Å². The fourth-order valence-corrected chi connectivity index (χ4v) is 3.54. The number of hydrogen-bond acceptors (Lipinski definition) is 3. The number of pyridine rings is 1. The number of anilines is 2. The van der Waals surface area contributed by atoms with Gasteiger partial charge in [0.25, 0.3) is 11.8 Å². The van der Waals surface area contributed by atoms with E-state index >= 15 is 0 Å². The number of hydrogen-bond donors (Lipinski definition) is 0. The first-order chi connectivity index (χ1) is 13.6. The molecular formula is C23H21N3O2. The van der Waals surface area contributed by atoms with Crippen molar-refractivity contribution in [3.63, 3.8) is 0 Å². The van der Waals surface area contributed by atoms with Crippen LogP contribution in [0.5, 0.6) is 0 Å².